The fraction of sp³-hybridized carbons (Fsp3) is 0.562. The molecule has 19 heavy (non-hydrogen) atoms. The normalized spacial score (nSPS) is 20.3. The van der Waals surface area contributed by atoms with E-state index in [1.807, 2.05) is 0 Å². The van der Waals surface area contributed by atoms with Gasteiger partial charge in [-0.2, -0.15) is 0 Å². The quantitative estimate of drug-likeness (QED) is 0.784. The maximum Gasteiger partial charge on any atom is 0.309 e. The van der Waals surface area contributed by atoms with Crippen LogP contribution >= 0.6 is 0 Å². The molecule has 0 aliphatic carbocycles. The van der Waals surface area contributed by atoms with Crippen molar-refractivity contribution >= 4 is 5.97 Å². The number of carbonyl (C=O) groups excluding carboxylic acids is 1. The predicted octanol–water partition coefficient (Wildman–Crippen LogP) is 2.69. The maximum absolute atomic E-state index is 11.6. The van der Waals surface area contributed by atoms with Crippen LogP contribution in [0, 0.1) is 19.8 Å². The molecule has 0 amide bonds. The first kappa shape index (κ1) is 14.1. The molecule has 1 aromatic rings. The number of methoxy groups -OCH3 is 1. The molecule has 0 saturated carbocycles. The Labute approximate surface area is 115 Å². The molecule has 0 spiro atoms. The summed E-state index contributed by atoms with van der Waals surface area (Å²) in [4.78, 5) is 14.0. The average Bonchev–Trinajstić information content (AvgIpc) is 2.42. The Morgan fingerprint density at radius 3 is 2.68 bits per heavy atom. The first-order chi connectivity index (χ1) is 9.11. The van der Waals surface area contributed by atoms with Crippen LogP contribution in [0.5, 0.6) is 0 Å². The van der Waals surface area contributed by atoms with Gasteiger partial charge in [0.15, 0.2) is 0 Å². The number of esters is 1. The van der Waals surface area contributed by atoms with E-state index >= 15 is 0 Å². The minimum Gasteiger partial charge on any atom is -0.469 e. The number of hydrogen-bond acceptors (Lipinski definition) is 3. The summed E-state index contributed by atoms with van der Waals surface area (Å²) in [5, 5.41) is 0. The monoisotopic (exact) mass is 261 g/mol. The summed E-state index contributed by atoms with van der Waals surface area (Å²) in [7, 11) is 1.48. The van der Waals surface area contributed by atoms with E-state index < -0.39 is 0 Å². The zero-order valence-corrected chi connectivity index (χ0v) is 12.1. The molecule has 1 fully saturated rings. The Morgan fingerprint density at radius 1 is 1.37 bits per heavy atom. The van der Waals surface area contributed by atoms with Crippen LogP contribution in [-0.2, 0) is 16.1 Å². The van der Waals surface area contributed by atoms with Crippen LogP contribution in [0.4, 0.5) is 0 Å². The van der Waals surface area contributed by atoms with Crippen molar-refractivity contribution in [2.24, 2.45) is 5.92 Å². The van der Waals surface area contributed by atoms with E-state index in [0.29, 0.717) is 0 Å². The highest BCUT2D eigenvalue weighted by atomic mass is 16.5. The third kappa shape index (κ3) is 3.35. The van der Waals surface area contributed by atoms with Crippen LogP contribution in [0.25, 0.3) is 0 Å². The molecule has 0 N–H and O–H groups in total. The summed E-state index contributed by atoms with van der Waals surface area (Å²) < 4.78 is 4.87. The lowest BCUT2D eigenvalue weighted by molar-refractivity contribution is -0.147. The molecule has 1 unspecified atom stereocenters. The van der Waals surface area contributed by atoms with Crippen LogP contribution in [-0.4, -0.2) is 31.1 Å². The number of rotatable bonds is 3. The Kier molecular flexibility index (Phi) is 4.59. The Morgan fingerprint density at radius 2 is 2.05 bits per heavy atom. The maximum atomic E-state index is 11.6. The number of piperidine rings is 1. The van der Waals surface area contributed by atoms with Gasteiger partial charge >= 0.3 is 5.97 Å². The first-order valence-electron chi connectivity index (χ1n) is 6.97. The third-order valence-corrected chi connectivity index (χ3v) is 4.07. The average molecular weight is 261 g/mol. The third-order valence-electron chi connectivity index (χ3n) is 4.07. The zero-order chi connectivity index (χ0) is 13.8. The molecule has 1 saturated heterocycles. The van der Waals surface area contributed by atoms with Gasteiger partial charge < -0.3 is 4.74 Å². The second kappa shape index (κ2) is 6.20. The summed E-state index contributed by atoms with van der Waals surface area (Å²) in [6, 6.07) is 6.41. The van der Waals surface area contributed by atoms with Crippen molar-refractivity contribution < 1.29 is 9.53 Å². The Bertz CT molecular complexity index is 436. The molecular formula is C16H23NO2. The van der Waals surface area contributed by atoms with Gasteiger partial charge in [0.2, 0.25) is 0 Å². The highest BCUT2D eigenvalue weighted by molar-refractivity contribution is 5.72. The molecule has 3 heteroatoms. The van der Waals surface area contributed by atoms with Crippen molar-refractivity contribution in [3.8, 4) is 0 Å². The minimum absolute atomic E-state index is 0.0445. The van der Waals surface area contributed by atoms with E-state index in [2.05, 4.69) is 36.9 Å². The van der Waals surface area contributed by atoms with Gasteiger partial charge in [0.1, 0.15) is 0 Å². The van der Waals surface area contributed by atoms with Crippen molar-refractivity contribution in [2.75, 3.05) is 20.2 Å². The van der Waals surface area contributed by atoms with Gasteiger partial charge in [0.05, 0.1) is 13.0 Å². The zero-order valence-electron chi connectivity index (χ0n) is 12.1. The van der Waals surface area contributed by atoms with Crippen LogP contribution < -0.4 is 0 Å². The van der Waals surface area contributed by atoms with Gasteiger partial charge in [-0.1, -0.05) is 18.2 Å². The van der Waals surface area contributed by atoms with Crippen molar-refractivity contribution in [1.29, 1.82) is 0 Å². The molecule has 0 bridgehead atoms. The number of ether oxygens (including phenoxy) is 1. The molecule has 0 radical (unpaired) electrons. The smallest absolute Gasteiger partial charge is 0.309 e. The summed E-state index contributed by atoms with van der Waals surface area (Å²) in [6.07, 6.45) is 2.03. The van der Waals surface area contributed by atoms with E-state index in [0.717, 1.165) is 32.5 Å². The fourth-order valence-corrected chi connectivity index (χ4v) is 2.88. The lowest BCUT2D eigenvalue weighted by atomic mass is 9.96. The standard InChI is InChI=1S/C16H23NO2/c1-12-6-4-7-13(2)15(12)11-17-9-5-8-14(10-17)16(18)19-3/h4,6-7,14H,5,8-11H2,1-3H3. The Hall–Kier alpha value is -1.35. The van der Waals surface area contributed by atoms with E-state index in [-0.39, 0.29) is 11.9 Å². The Balaban J connectivity index is 2.05. The van der Waals surface area contributed by atoms with Crippen molar-refractivity contribution in [3.05, 3.63) is 34.9 Å². The molecule has 1 aromatic carbocycles. The highest BCUT2D eigenvalue weighted by Gasteiger charge is 2.26. The van der Waals surface area contributed by atoms with Gasteiger partial charge in [0.25, 0.3) is 0 Å². The molecule has 0 aromatic heterocycles. The molecule has 1 atom stereocenters. The SMILES string of the molecule is COC(=O)C1CCCN(Cc2c(C)cccc2C)C1. The van der Waals surface area contributed by atoms with Crippen LogP contribution in [0.2, 0.25) is 0 Å². The first-order valence-corrected chi connectivity index (χ1v) is 6.97. The van der Waals surface area contributed by atoms with Crippen molar-refractivity contribution in [1.82, 2.24) is 4.90 Å². The molecular weight excluding hydrogens is 238 g/mol. The van der Waals surface area contributed by atoms with Gasteiger partial charge in [-0.05, 0) is 49.9 Å². The van der Waals surface area contributed by atoms with Gasteiger partial charge in [-0.3, -0.25) is 9.69 Å². The van der Waals surface area contributed by atoms with E-state index in [1.165, 1.54) is 23.8 Å². The summed E-state index contributed by atoms with van der Waals surface area (Å²) in [5.74, 6) is -0.0192. The van der Waals surface area contributed by atoms with E-state index in [4.69, 9.17) is 4.74 Å². The summed E-state index contributed by atoms with van der Waals surface area (Å²) in [6.45, 7) is 7.14. The van der Waals surface area contributed by atoms with Crippen LogP contribution in [0.3, 0.4) is 0 Å². The van der Waals surface area contributed by atoms with Crippen LogP contribution in [0.1, 0.15) is 29.5 Å². The van der Waals surface area contributed by atoms with Crippen molar-refractivity contribution in [2.45, 2.75) is 33.2 Å². The largest absolute Gasteiger partial charge is 0.469 e. The summed E-state index contributed by atoms with van der Waals surface area (Å²) in [5.41, 5.74) is 4.06. The molecule has 3 nitrogen and oxygen atoms in total. The second-order valence-corrected chi connectivity index (χ2v) is 5.47. The topological polar surface area (TPSA) is 29.5 Å². The lowest BCUT2D eigenvalue weighted by Gasteiger charge is -2.32. The summed E-state index contributed by atoms with van der Waals surface area (Å²) >= 11 is 0. The molecule has 1 heterocycles. The second-order valence-electron chi connectivity index (χ2n) is 5.47. The van der Waals surface area contributed by atoms with Gasteiger partial charge in [-0.15, -0.1) is 0 Å². The number of aryl methyl sites for hydroxylation is 2. The molecule has 1 aliphatic heterocycles. The number of likely N-dealkylation sites (tertiary alicyclic amines) is 1. The van der Waals surface area contributed by atoms with Gasteiger partial charge in [0, 0.05) is 13.1 Å². The molecule has 104 valence electrons. The fourth-order valence-electron chi connectivity index (χ4n) is 2.88. The number of carbonyl (C=O) groups is 1. The highest BCUT2D eigenvalue weighted by Crippen LogP contribution is 2.22. The van der Waals surface area contributed by atoms with Crippen LogP contribution in [0.15, 0.2) is 18.2 Å². The lowest BCUT2D eigenvalue weighted by Crippen LogP contribution is -2.38. The predicted molar refractivity (Wildman–Crippen MR) is 75.9 cm³/mol. The van der Waals surface area contributed by atoms with Crippen molar-refractivity contribution in [3.63, 3.8) is 0 Å². The number of nitrogens with zero attached hydrogens (tertiary/aromatic N) is 1. The van der Waals surface area contributed by atoms with Gasteiger partial charge in [-0.25, -0.2) is 0 Å². The van der Waals surface area contributed by atoms with E-state index in [9.17, 15) is 4.79 Å². The minimum atomic E-state index is -0.0637. The molecule has 1 aliphatic rings. The molecule has 2 rings (SSSR count). The number of benzene rings is 1. The van der Waals surface area contributed by atoms with E-state index in [1.54, 1.807) is 0 Å². The number of hydrogen-bond donors (Lipinski definition) is 0.